The van der Waals surface area contributed by atoms with Gasteiger partial charge in [0.25, 0.3) is 0 Å². The van der Waals surface area contributed by atoms with E-state index in [4.69, 9.17) is 0 Å². The summed E-state index contributed by atoms with van der Waals surface area (Å²) in [6.45, 7) is 3.24. The number of amides is 1. The van der Waals surface area contributed by atoms with Gasteiger partial charge in [0.1, 0.15) is 0 Å². The van der Waals surface area contributed by atoms with Gasteiger partial charge in [0.2, 0.25) is 11.9 Å². The summed E-state index contributed by atoms with van der Waals surface area (Å²) < 4.78 is 2.14. The minimum atomic E-state index is 0.153. The summed E-state index contributed by atoms with van der Waals surface area (Å²) in [5, 5.41) is 3.18. The Hall–Kier alpha value is -2.48. The average Bonchev–Trinajstić information content (AvgIpc) is 2.81. The molecule has 2 aromatic heterocycles. The van der Waals surface area contributed by atoms with E-state index in [9.17, 15) is 4.79 Å². The summed E-state index contributed by atoms with van der Waals surface area (Å²) in [5.41, 5.74) is 2.02. The number of carbonyl (C=O) groups is 1. The van der Waals surface area contributed by atoms with Crippen LogP contribution in [0.15, 0.2) is 24.8 Å². The van der Waals surface area contributed by atoms with Crippen molar-refractivity contribution in [3.8, 4) is 0 Å². The van der Waals surface area contributed by atoms with Crippen molar-refractivity contribution in [1.29, 1.82) is 0 Å². The van der Waals surface area contributed by atoms with Crippen molar-refractivity contribution in [2.45, 2.75) is 26.1 Å². The van der Waals surface area contributed by atoms with Crippen LogP contribution in [0.3, 0.4) is 0 Å². The molecule has 0 saturated heterocycles. The van der Waals surface area contributed by atoms with Crippen molar-refractivity contribution in [3.63, 3.8) is 0 Å². The Morgan fingerprint density at radius 1 is 1.25 bits per heavy atom. The van der Waals surface area contributed by atoms with Crippen LogP contribution < -0.4 is 5.32 Å². The number of aromatic nitrogens is 4. The van der Waals surface area contributed by atoms with E-state index in [1.807, 2.05) is 30.2 Å². The number of nitrogens with zero attached hydrogens (tertiary/aromatic N) is 6. The number of rotatable bonds is 5. The van der Waals surface area contributed by atoms with E-state index in [-0.39, 0.29) is 5.91 Å². The van der Waals surface area contributed by atoms with Gasteiger partial charge in [0.05, 0.1) is 37.3 Å². The number of anilines is 1. The number of carbonyl (C=O) groups excluding carboxylic acids is 1. The number of aryl methyl sites for hydroxylation is 1. The zero-order valence-corrected chi connectivity index (χ0v) is 14.1. The van der Waals surface area contributed by atoms with E-state index in [1.54, 1.807) is 18.5 Å². The predicted octanol–water partition coefficient (Wildman–Crippen LogP) is 0.579. The molecule has 1 N–H and O–H groups in total. The van der Waals surface area contributed by atoms with Crippen LogP contribution in [0.1, 0.15) is 17.8 Å². The van der Waals surface area contributed by atoms with Crippen molar-refractivity contribution in [1.82, 2.24) is 29.3 Å². The van der Waals surface area contributed by atoms with Crippen LogP contribution in [0.5, 0.6) is 0 Å². The molecule has 1 aliphatic heterocycles. The molecule has 0 spiro atoms. The van der Waals surface area contributed by atoms with E-state index < -0.39 is 0 Å². The highest BCUT2D eigenvalue weighted by molar-refractivity contribution is 5.78. The highest BCUT2D eigenvalue weighted by Crippen LogP contribution is 2.17. The Kier molecular flexibility index (Phi) is 5.05. The fourth-order valence-corrected chi connectivity index (χ4v) is 2.80. The van der Waals surface area contributed by atoms with Gasteiger partial charge in [-0.25, -0.2) is 15.0 Å². The van der Waals surface area contributed by atoms with Crippen LogP contribution in [0.2, 0.25) is 0 Å². The van der Waals surface area contributed by atoms with E-state index in [0.717, 1.165) is 30.9 Å². The number of fused-ring (bicyclic) bond motifs is 1. The van der Waals surface area contributed by atoms with Gasteiger partial charge in [-0.1, -0.05) is 0 Å². The molecule has 1 aliphatic rings. The SMILES string of the molecule is CN(C)CC(=O)N1CCCn2cnc(CNc3ncccn3)c2C1. The lowest BCUT2D eigenvalue weighted by molar-refractivity contribution is -0.132. The summed E-state index contributed by atoms with van der Waals surface area (Å²) >= 11 is 0. The molecule has 0 atom stereocenters. The van der Waals surface area contributed by atoms with Gasteiger partial charge in [-0.15, -0.1) is 0 Å². The Morgan fingerprint density at radius 3 is 2.79 bits per heavy atom. The summed E-state index contributed by atoms with van der Waals surface area (Å²) in [6, 6.07) is 1.78. The van der Waals surface area contributed by atoms with E-state index >= 15 is 0 Å². The minimum absolute atomic E-state index is 0.153. The first-order valence-electron chi connectivity index (χ1n) is 8.10. The van der Waals surface area contributed by atoms with Crippen LogP contribution in [0.25, 0.3) is 0 Å². The summed E-state index contributed by atoms with van der Waals surface area (Å²) in [7, 11) is 3.82. The average molecular weight is 329 g/mol. The number of likely N-dealkylation sites (N-methyl/N-ethyl adjacent to an activating group) is 1. The zero-order valence-electron chi connectivity index (χ0n) is 14.1. The van der Waals surface area contributed by atoms with Crippen LogP contribution in [-0.4, -0.2) is 62.4 Å². The molecule has 0 radical (unpaired) electrons. The molecule has 0 fully saturated rings. The molecule has 3 heterocycles. The normalized spacial score (nSPS) is 14.4. The Balaban J connectivity index is 1.71. The zero-order chi connectivity index (χ0) is 16.9. The second-order valence-electron chi connectivity index (χ2n) is 6.16. The summed E-state index contributed by atoms with van der Waals surface area (Å²) in [5.74, 6) is 0.730. The van der Waals surface area contributed by atoms with Crippen LogP contribution >= 0.6 is 0 Å². The maximum Gasteiger partial charge on any atom is 0.237 e. The number of hydrogen-bond donors (Lipinski definition) is 1. The molecule has 3 rings (SSSR count). The van der Waals surface area contributed by atoms with E-state index in [0.29, 0.717) is 25.6 Å². The summed E-state index contributed by atoms with van der Waals surface area (Å²) in [4.78, 5) is 29.0. The van der Waals surface area contributed by atoms with E-state index in [2.05, 4.69) is 24.8 Å². The molecule has 0 aromatic carbocycles. The van der Waals surface area contributed by atoms with Crippen molar-refractivity contribution in [2.75, 3.05) is 32.5 Å². The summed E-state index contributed by atoms with van der Waals surface area (Å²) in [6.07, 6.45) is 6.20. The van der Waals surface area contributed by atoms with Crippen LogP contribution in [-0.2, 0) is 24.4 Å². The molecule has 0 bridgehead atoms. The quantitative estimate of drug-likeness (QED) is 0.864. The largest absolute Gasteiger partial charge is 0.348 e. The van der Waals surface area contributed by atoms with Gasteiger partial charge >= 0.3 is 0 Å². The number of hydrogen-bond acceptors (Lipinski definition) is 6. The highest BCUT2D eigenvalue weighted by Gasteiger charge is 2.22. The fourth-order valence-electron chi connectivity index (χ4n) is 2.80. The van der Waals surface area contributed by atoms with Gasteiger partial charge < -0.3 is 19.7 Å². The standard InChI is InChI=1S/C16H23N7O/c1-21(2)11-15(24)22-7-4-8-23-12-20-13(14(23)10-22)9-19-16-17-5-3-6-18-16/h3,5-6,12H,4,7-11H2,1-2H3,(H,17,18,19). The van der Waals surface area contributed by atoms with Crippen molar-refractivity contribution in [2.24, 2.45) is 0 Å². The molecule has 0 aliphatic carbocycles. The molecule has 24 heavy (non-hydrogen) atoms. The van der Waals surface area contributed by atoms with Gasteiger partial charge in [-0.05, 0) is 26.6 Å². The topological polar surface area (TPSA) is 79.2 Å². The molecule has 8 heteroatoms. The molecule has 8 nitrogen and oxygen atoms in total. The van der Waals surface area contributed by atoms with Crippen molar-refractivity contribution in [3.05, 3.63) is 36.2 Å². The third-order valence-electron chi connectivity index (χ3n) is 3.98. The molecule has 1 amide bonds. The molecule has 0 unspecified atom stereocenters. The van der Waals surface area contributed by atoms with Gasteiger partial charge in [0, 0.05) is 25.5 Å². The maximum atomic E-state index is 12.4. The first-order chi connectivity index (χ1) is 11.6. The third-order valence-corrected chi connectivity index (χ3v) is 3.98. The predicted molar refractivity (Wildman–Crippen MR) is 90.2 cm³/mol. The second-order valence-corrected chi connectivity index (χ2v) is 6.16. The van der Waals surface area contributed by atoms with Crippen molar-refractivity contribution < 1.29 is 4.79 Å². The Morgan fingerprint density at radius 2 is 2.04 bits per heavy atom. The molecular weight excluding hydrogens is 306 g/mol. The second kappa shape index (κ2) is 7.39. The van der Waals surface area contributed by atoms with Gasteiger partial charge in [-0.2, -0.15) is 0 Å². The number of nitrogens with one attached hydrogen (secondary N) is 1. The van der Waals surface area contributed by atoms with Gasteiger partial charge in [0.15, 0.2) is 0 Å². The minimum Gasteiger partial charge on any atom is -0.348 e. The highest BCUT2D eigenvalue weighted by atomic mass is 16.2. The third kappa shape index (κ3) is 3.88. The number of imidazole rings is 1. The van der Waals surface area contributed by atoms with Crippen LogP contribution in [0, 0.1) is 0 Å². The van der Waals surface area contributed by atoms with Crippen LogP contribution in [0.4, 0.5) is 5.95 Å². The molecule has 0 saturated carbocycles. The molecule has 128 valence electrons. The maximum absolute atomic E-state index is 12.4. The van der Waals surface area contributed by atoms with Gasteiger partial charge in [-0.3, -0.25) is 4.79 Å². The molecule has 2 aromatic rings. The first-order valence-corrected chi connectivity index (χ1v) is 8.10. The lowest BCUT2D eigenvalue weighted by atomic mass is 10.3. The Bertz CT molecular complexity index is 683. The van der Waals surface area contributed by atoms with Crippen molar-refractivity contribution >= 4 is 11.9 Å². The monoisotopic (exact) mass is 329 g/mol. The fraction of sp³-hybridized carbons (Fsp3) is 0.500. The lowest BCUT2D eigenvalue weighted by Crippen LogP contribution is -2.37. The molecular formula is C16H23N7O. The smallest absolute Gasteiger partial charge is 0.237 e. The van der Waals surface area contributed by atoms with E-state index in [1.165, 1.54) is 0 Å². The Labute approximate surface area is 141 Å². The first kappa shape index (κ1) is 16.4. The lowest BCUT2D eigenvalue weighted by Gasteiger charge is -2.22.